The van der Waals surface area contributed by atoms with Gasteiger partial charge in [-0.05, 0) is 99.0 Å². The summed E-state index contributed by atoms with van der Waals surface area (Å²) in [4.78, 5) is 20.3. The first-order valence-electron chi connectivity index (χ1n) is 20.9. The third-order valence-corrected chi connectivity index (χ3v) is 11.6. The Labute approximate surface area is 357 Å². The third-order valence-electron chi connectivity index (χ3n) is 11.6. The maximum absolute atomic E-state index is 15.9. The van der Waals surface area contributed by atoms with E-state index >= 15 is 4.39 Å². The van der Waals surface area contributed by atoms with Crippen molar-refractivity contribution in [2.75, 3.05) is 44.9 Å². The Morgan fingerprint density at radius 2 is 1.54 bits per heavy atom. The highest BCUT2D eigenvalue weighted by Crippen LogP contribution is 2.40. The van der Waals surface area contributed by atoms with E-state index < -0.39 is 17.7 Å². The van der Waals surface area contributed by atoms with E-state index in [4.69, 9.17) is 28.7 Å². The Kier molecular flexibility index (Phi) is 13.8. The Balaban J connectivity index is 1.11. The van der Waals surface area contributed by atoms with Crippen molar-refractivity contribution in [3.63, 3.8) is 0 Å². The van der Waals surface area contributed by atoms with E-state index in [2.05, 4.69) is 11.8 Å². The van der Waals surface area contributed by atoms with Crippen molar-refractivity contribution < 1.29 is 38.0 Å². The van der Waals surface area contributed by atoms with Gasteiger partial charge in [-0.15, -0.1) is 0 Å². The first kappa shape index (κ1) is 43.5. The molecule has 1 saturated heterocycles. The second kappa shape index (κ2) is 19.4. The van der Waals surface area contributed by atoms with Gasteiger partial charge in [0.2, 0.25) is 0 Å². The van der Waals surface area contributed by atoms with Crippen molar-refractivity contribution >= 4 is 17.4 Å². The number of halogens is 1. The monoisotopic (exact) mass is 829 g/mol. The van der Waals surface area contributed by atoms with Gasteiger partial charge in [0, 0.05) is 30.4 Å². The van der Waals surface area contributed by atoms with Gasteiger partial charge in [-0.2, -0.15) is 0 Å². The molecule has 1 aliphatic rings. The molecular formula is C50H56FN3O7. The fourth-order valence-corrected chi connectivity index (χ4v) is 7.96. The van der Waals surface area contributed by atoms with Gasteiger partial charge in [0.1, 0.15) is 29.6 Å². The molecule has 0 spiro atoms. The number of carbonyl (C=O) groups is 1. The second-order valence-electron chi connectivity index (χ2n) is 16.2. The third kappa shape index (κ3) is 10.1. The largest absolute Gasteiger partial charge is 0.488 e. The quantitative estimate of drug-likeness (QED) is 0.0712. The number of anilines is 1. The lowest BCUT2D eigenvalue weighted by atomic mass is 9.92. The van der Waals surface area contributed by atoms with Gasteiger partial charge in [0.15, 0.2) is 6.10 Å². The molecule has 4 aromatic carbocycles. The molecule has 10 nitrogen and oxygen atoms in total. The van der Waals surface area contributed by atoms with Gasteiger partial charge < -0.3 is 33.7 Å². The molecule has 2 aromatic heterocycles. The molecule has 0 radical (unpaired) electrons. The van der Waals surface area contributed by atoms with E-state index in [1.54, 1.807) is 0 Å². The fraction of sp³-hybridized carbons (Fsp3) is 0.360. The Bertz CT molecular complexity index is 2430. The van der Waals surface area contributed by atoms with Crippen molar-refractivity contribution in [1.29, 1.82) is 0 Å². The molecule has 61 heavy (non-hydrogen) atoms. The van der Waals surface area contributed by atoms with E-state index in [0.29, 0.717) is 98.6 Å². The van der Waals surface area contributed by atoms with Gasteiger partial charge in [0.25, 0.3) is 0 Å². The molecule has 0 saturated carbocycles. The number of carbonyl (C=O) groups excluding carboxylic acids is 1. The van der Waals surface area contributed by atoms with Crippen LogP contribution in [0.15, 0.2) is 103 Å². The lowest BCUT2D eigenvalue weighted by molar-refractivity contribution is -0.150. The maximum atomic E-state index is 15.9. The number of piperidine rings is 1. The second-order valence-corrected chi connectivity index (χ2v) is 16.2. The van der Waals surface area contributed by atoms with Crippen LogP contribution in [0.4, 0.5) is 10.2 Å². The molecule has 0 unspecified atom stereocenters. The van der Waals surface area contributed by atoms with Crippen LogP contribution < -0.4 is 9.64 Å². The summed E-state index contributed by atoms with van der Waals surface area (Å²) < 4.78 is 47.4. The molecule has 2 atom stereocenters. The van der Waals surface area contributed by atoms with Crippen molar-refractivity contribution in [2.45, 2.75) is 78.5 Å². The van der Waals surface area contributed by atoms with Crippen LogP contribution >= 0.6 is 0 Å². The maximum Gasteiger partial charge on any atom is 0.339 e. The summed E-state index contributed by atoms with van der Waals surface area (Å²) >= 11 is 0. The van der Waals surface area contributed by atoms with Crippen LogP contribution in [0.25, 0.3) is 28.0 Å². The summed E-state index contributed by atoms with van der Waals surface area (Å²) in [5.74, 6) is 0.00208. The zero-order chi connectivity index (χ0) is 43.1. The molecule has 7 rings (SSSR count). The normalized spacial score (nSPS) is 14.9. The zero-order valence-electron chi connectivity index (χ0n) is 35.9. The van der Waals surface area contributed by atoms with Crippen LogP contribution in [0.5, 0.6) is 5.75 Å². The van der Waals surface area contributed by atoms with E-state index in [9.17, 15) is 9.90 Å². The Hall–Kier alpha value is -5.59. The molecule has 3 heterocycles. The predicted octanol–water partition coefficient (Wildman–Crippen LogP) is 9.52. The number of nitrogens with zero attached hydrogens (tertiary/aromatic N) is 3. The Morgan fingerprint density at radius 1 is 0.869 bits per heavy atom. The van der Waals surface area contributed by atoms with Crippen LogP contribution in [-0.4, -0.2) is 72.2 Å². The van der Waals surface area contributed by atoms with Crippen molar-refractivity contribution in [1.82, 2.24) is 9.38 Å². The number of imidazole rings is 1. The highest BCUT2D eigenvalue weighted by Gasteiger charge is 2.36. The average molecular weight is 830 g/mol. The molecule has 6 aromatic rings. The van der Waals surface area contributed by atoms with Crippen LogP contribution in [0.1, 0.15) is 66.2 Å². The molecule has 1 fully saturated rings. The molecule has 0 bridgehead atoms. The molecular weight excluding hydrogens is 774 g/mol. The van der Waals surface area contributed by atoms with Crippen molar-refractivity contribution in [3.8, 4) is 28.1 Å². The number of hydrogen-bond acceptors (Lipinski definition) is 9. The Morgan fingerprint density at radius 3 is 2.23 bits per heavy atom. The molecule has 0 aliphatic carbocycles. The number of pyridine rings is 1. The first-order valence-corrected chi connectivity index (χ1v) is 20.9. The number of rotatable bonds is 17. The van der Waals surface area contributed by atoms with Gasteiger partial charge in [-0.25, -0.2) is 14.2 Å². The summed E-state index contributed by atoms with van der Waals surface area (Å²) in [6, 6.07) is 30.9. The summed E-state index contributed by atoms with van der Waals surface area (Å²) in [5, 5.41) is 11.5. The number of hydrogen-bond donors (Lipinski definition) is 1. The van der Waals surface area contributed by atoms with Gasteiger partial charge in [0.05, 0.1) is 56.5 Å². The van der Waals surface area contributed by atoms with Crippen molar-refractivity contribution in [2.24, 2.45) is 0 Å². The molecule has 1 aliphatic heterocycles. The minimum Gasteiger partial charge on any atom is -0.488 e. The highest BCUT2D eigenvalue weighted by molar-refractivity contribution is 5.82. The number of aliphatic hydroxyl groups is 1. The van der Waals surface area contributed by atoms with Crippen LogP contribution in [-0.2, 0) is 37.0 Å². The van der Waals surface area contributed by atoms with E-state index in [0.717, 1.165) is 33.4 Å². The topological polar surface area (TPSA) is 104 Å². The first-order chi connectivity index (χ1) is 29.4. The number of methoxy groups -OCH3 is 1. The summed E-state index contributed by atoms with van der Waals surface area (Å²) in [5.41, 5.74) is 7.63. The minimum absolute atomic E-state index is 0.0511. The smallest absolute Gasteiger partial charge is 0.339 e. The van der Waals surface area contributed by atoms with Gasteiger partial charge in [-0.3, -0.25) is 4.40 Å². The summed E-state index contributed by atoms with van der Waals surface area (Å²) in [6.45, 7) is 13.2. The molecule has 0 amide bonds. The number of esters is 1. The van der Waals surface area contributed by atoms with Crippen molar-refractivity contribution in [3.05, 3.63) is 142 Å². The lowest BCUT2D eigenvalue weighted by Crippen LogP contribution is -2.46. The fourth-order valence-electron chi connectivity index (χ4n) is 7.96. The molecule has 320 valence electrons. The van der Waals surface area contributed by atoms with Gasteiger partial charge in [-0.1, -0.05) is 78.9 Å². The van der Waals surface area contributed by atoms with Crippen LogP contribution in [0.2, 0.25) is 0 Å². The highest BCUT2D eigenvalue weighted by atomic mass is 19.1. The van der Waals surface area contributed by atoms with E-state index in [1.807, 2.05) is 129 Å². The zero-order valence-corrected chi connectivity index (χ0v) is 35.9. The van der Waals surface area contributed by atoms with Crippen LogP contribution in [0, 0.1) is 26.6 Å². The molecule has 1 N–H and O–H groups in total. The number of fused-ring (bicyclic) bond motifs is 1. The summed E-state index contributed by atoms with van der Waals surface area (Å²) in [7, 11) is 1.27. The van der Waals surface area contributed by atoms with Gasteiger partial charge >= 0.3 is 5.97 Å². The average Bonchev–Trinajstić information content (AvgIpc) is 3.72. The number of aliphatic hydroxyl groups excluding tert-OH is 1. The lowest BCUT2D eigenvalue weighted by Gasteiger charge is -2.41. The SMILES string of the molecule is COC(=O)[C@@H](O)c1c(C)c(C)c2nc(-c3cccc(-c4c(F)cc(C)cc4OCc4ccccc4)c3)cn2c1N1CCC(C)(OCCOC[C@@H](C)OCc2ccccc2)CC1. The standard InChI is InChI=1S/C50H56FN3O7/c1-33-26-41(51)45(43(27-33)60-32-38-16-11-8-12-17-38)40-19-13-18-39(28-40)42-29-54-47(52-42)36(4)35(3)44(46(55)49(56)57-6)48(54)53-22-20-50(5,21-23-53)61-25-24-58-30-34(2)59-31-37-14-9-7-10-15-37/h7-19,26-29,34,46,55H,20-25,30-32H2,1-6H3/t34-,46+/m1/s1. The number of ether oxygens (including phenoxy) is 5. The molecule has 11 heteroatoms. The number of benzene rings is 4. The number of aromatic nitrogens is 2. The van der Waals surface area contributed by atoms with E-state index in [1.165, 1.54) is 13.2 Å². The minimum atomic E-state index is -1.52. The van der Waals surface area contributed by atoms with E-state index in [-0.39, 0.29) is 11.9 Å². The summed E-state index contributed by atoms with van der Waals surface area (Å²) in [6.07, 6.45) is 1.76. The number of aryl methyl sites for hydroxylation is 2. The predicted molar refractivity (Wildman–Crippen MR) is 235 cm³/mol. The van der Waals surface area contributed by atoms with Crippen LogP contribution in [0.3, 0.4) is 0 Å².